The predicted molar refractivity (Wildman–Crippen MR) is 71.3 cm³/mol. The average molecular weight is 236 g/mol. The molecule has 4 heteroatoms. The maximum atomic E-state index is 4.37. The second kappa shape index (κ2) is 6.05. The molecule has 1 aromatic heterocycles. The molecule has 0 spiro atoms. The van der Waals surface area contributed by atoms with E-state index in [0.29, 0.717) is 6.04 Å². The van der Waals surface area contributed by atoms with Gasteiger partial charge in [-0.15, -0.1) is 0 Å². The summed E-state index contributed by atoms with van der Waals surface area (Å²) in [6.07, 6.45) is 7.64. The van der Waals surface area contributed by atoms with Crippen LogP contribution >= 0.6 is 0 Å². The Balaban J connectivity index is 1.82. The van der Waals surface area contributed by atoms with Crippen molar-refractivity contribution in [1.29, 1.82) is 0 Å². The molecule has 17 heavy (non-hydrogen) atoms. The van der Waals surface area contributed by atoms with Gasteiger partial charge in [-0.1, -0.05) is 6.92 Å². The SMILES string of the molecule is CCCN1CCC(Nc2nccn2CC)CC1. The van der Waals surface area contributed by atoms with Gasteiger partial charge in [0.15, 0.2) is 0 Å². The summed E-state index contributed by atoms with van der Waals surface area (Å²) in [7, 11) is 0. The molecule has 96 valence electrons. The van der Waals surface area contributed by atoms with E-state index < -0.39 is 0 Å². The van der Waals surface area contributed by atoms with E-state index in [9.17, 15) is 0 Å². The van der Waals surface area contributed by atoms with Crippen LogP contribution in [-0.4, -0.2) is 40.1 Å². The molecular formula is C13H24N4. The van der Waals surface area contributed by atoms with Crippen molar-refractivity contribution in [3.8, 4) is 0 Å². The van der Waals surface area contributed by atoms with E-state index in [1.807, 2.05) is 12.4 Å². The molecule has 1 fully saturated rings. The van der Waals surface area contributed by atoms with E-state index in [4.69, 9.17) is 0 Å². The van der Waals surface area contributed by atoms with Crippen LogP contribution in [0.2, 0.25) is 0 Å². The molecule has 1 aliphatic rings. The molecule has 0 radical (unpaired) electrons. The number of aryl methyl sites for hydroxylation is 1. The number of hydrogen-bond donors (Lipinski definition) is 1. The lowest BCUT2D eigenvalue weighted by atomic mass is 10.1. The fourth-order valence-electron chi connectivity index (χ4n) is 2.50. The van der Waals surface area contributed by atoms with Gasteiger partial charge in [0.2, 0.25) is 5.95 Å². The van der Waals surface area contributed by atoms with Crippen molar-refractivity contribution in [3.05, 3.63) is 12.4 Å². The molecule has 2 heterocycles. The Bertz CT molecular complexity index is 326. The van der Waals surface area contributed by atoms with Crippen LogP contribution < -0.4 is 5.32 Å². The second-order valence-corrected chi connectivity index (χ2v) is 4.80. The number of piperidine rings is 1. The van der Waals surface area contributed by atoms with Crippen molar-refractivity contribution in [2.75, 3.05) is 25.0 Å². The summed E-state index contributed by atoms with van der Waals surface area (Å²) in [5.74, 6) is 1.03. The van der Waals surface area contributed by atoms with Gasteiger partial charge in [0, 0.05) is 38.1 Å². The van der Waals surface area contributed by atoms with E-state index in [1.165, 1.54) is 38.9 Å². The van der Waals surface area contributed by atoms with E-state index in [1.54, 1.807) is 0 Å². The molecule has 1 aromatic rings. The number of rotatable bonds is 5. The van der Waals surface area contributed by atoms with Crippen molar-refractivity contribution < 1.29 is 0 Å². The molecule has 0 bridgehead atoms. The summed E-state index contributed by atoms with van der Waals surface area (Å²) in [5.41, 5.74) is 0. The van der Waals surface area contributed by atoms with E-state index in [2.05, 4.69) is 33.6 Å². The molecule has 1 N–H and O–H groups in total. The fourth-order valence-corrected chi connectivity index (χ4v) is 2.50. The minimum absolute atomic E-state index is 0.593. The lowest BCUT2D eigenvalue weighted by Gasteiger charge is -2.32. The largest absolute Gasteiger partial charge is 0.353 e. The zero-order chi connectivity index (χ0) is 12.1. The zero-order valence-corrected chi connectivity index (χ0v) is 11.0. The Morgan fingerprint density at radius 1 is 1.35 bits per heavy atom. The van der Waals surface area contributed by atoms with E-state index >= 15 is 0 Å². The maximum absolute atomic E-state index is 4.37. The third kappa shape index (κ3) is 3.22. The Hall–Kier alpha value is -1.03. The lowest BCUT2D eigenvalue weighted by Crippen LogP contribution is -2.39. The highest BCUT2D eigenvalue weighted by atomic mass is 15.2. The highest BCUT2D eigenvalue weighted by Crippen LogP contribution is 2.15. The van der Waals surface area contributed by atoms with Gasteiger partial charge >= 0.3 is 0 Å². The molecule has 0 atom stereocenters. The molecule has 1 saturated heterocycles. The second-order valence-electron chi connectivity index (χ2n) is 4.80. The van der Waals surface area contributed by atoms with Gasteiger partial charge in [-0.2, -0.15) is 0 Å². The minimum atomic E-state index is 0.593. The summed E-state index contributed by atoms with van der Waals surface area (Å²) >= 11 is 0. The normalized spacial score (nSPS) is 18.5. The molecular weight excluding hydrogens is 212 g/mol. The number of anilines is 1. The Morgan fingerprint density at radius 3 is 2.76 bits per heavy atom. The van der Waals surface area contributed by atoms with Crippen molar-refractivity contribution >= 4 is 5.95 Å². The first-order valence-corrected chi connectivity index (χ1v) is 6.83. The molecule has 0 aromatic carbocycles. The molecule has 0 aliphatic carbocycles. The fraction of sp³-hybridized carbons (Fsp3) is 0.769. The van der Waals surface area contributed by atoms with Crippen LogP contribution in [-0.2, 0) is 6.54 Å². The molecule has 4 nitrogen and oxygen atoms in total. The maximum Gasteiger partial charge on any atom is 0.202 e. The number of hydrogen-bond acceptors (Lipinski definition) is 3. The van der Waals surface area contributed by atoms with Gasteiger partial charge in [0.1, 0.15) is 0 Å². The van der Waals surface area contributed by atoms with Crippen LogP contribution in [0.1, 0.15) is 33.1 Å². The number of likely N-dealkylation sites (tertiary alicyclic amines) is 1. The van der Waals surface area contributed by atoms with Crippen LogP contribution in [0.15, 0.2) is 12.4 Å². The van der Waals surface area contributed by atoms with Gasteiger partial charge in [-0.3, -0.25) is 0 Å². The van der Waals surface area contributed by atoms with Gasteiger partial charge in [-0.05, 0) is 32.7 Å². The van der Waals surface area contributed by atoms with Gasteiger partial charge in [-0.25, -0.2) is 4.98 Å². The number of imidazole rings is 1. The van der Waals surface area contributed by atoms with Crippen LogP contribution in [0.3, 0.4) is 0 Å². The molecule has 0 unspecified atom stereocenters. The van der Waals surface area contributed by atoms with Crippen molar-refractivity contribution in [2.45, 2.75) is 45.7 Å². The first-order chi connectivity index (χ1) is 8.33. The molecule has 1 aliphatic heterocycles. The summed E-state index contributed by atoms with van der Waals surface area (Å²) < 4.78 is 2.17. The van der Waals surface area contributed by atoms with Crippen LogP contribution in [0.25, 0.3) is 0 Å². The first kappa shape index (κ1) is 12.4. The third-order valence-electron chi connectivity index (χ3n) is 3.52. The van der Waals surface area contributed by atoms with Gasteiger partial charge in [0.25, 0.3) is 0 Å². The summed E-state index contributed by atoms with van der Waals surface area (Å²) in [4.78, 5) is 6.93. The predicted octanol–water partition coefficient (Wildman–Crippen LogP) is 2.19. The van der Waals surface area contributed by atoms with Crippen LogP contribution in [0.5, 0.6) is 0 Å². The van der Waals surface area contributed by atoms with Crippen molar-refractivity contribution in [2.24, 2.45) is 0 Å². The van der Waals surface area contributed by atoms with Crippen molar-refractivity contribution in [1.82, 2.24) is 14.5 Å². The zero-order valence-electron chi connectivity index (χ0n) is 11.0. The molecule has 2 rings (SSSR count). The van der Waals surface area contributed by atoms with E-state index in [-0.39, 0.29) is 0 Å². The van der Waals surface area contributed by atoms with Crippen LogP contribution in [0.4, 0.5) is 5.95 Å². The number of nitrogens with zero attached hydrogens (tertiary/aromatic N) is 3. The Kier molecular flexibility index (Phi) is 4.42. The monoisotopic (exact) mass is 236 g/mol. The summed E-state index contributed by atoms with van der Waals surface area (Å²) in [6.45, 7) is 9.07. The average Bonchev–Trinajstić information content (AvgIpc) is 2.79. The molecule has 0 saturated carbocycles. The lowest BCUT2D eigenvalue weighted by molar-refractivity contribution is 0.219. The smallest absolute Gasteiger partial charge is 0.202 e. The standard InChI is InChI=1S/C13H24N4/c1-3-8-16-9-5-12(6-10-16)15-13-14-7-11-17(13)4-2/h7,11-12H,3-6,8-10H2,1-2H3,(H,14,15). The van der Waals surface area contributed by atoms with Crippen molar-refractivity contribution in [3.63, 3.8) is 0 Å². The Morgan fingerprint density at radius 2 is 2.12 bits per heavy atom. The molecule has 0 amide bonds. The summed E-state index contributed by atoms with van der Waals surface area (Å²) in [6, 6.07) is 0.593. The van der Waals surface area contributed by atoms with E-state index in [0.717, 1.165) is 12.5 Å². The number of nitrogens with one attached hydrogen (secondary N) is 1. The third-order valence-corrected chi connectivity index (χ3v) is 3.52. The first-order valence-electron chi connectivity index (χ1n) is 6.83. The topological polar surface area (TPSA) is 33.1 Å². The number of aromatic nitrogens is 2. The minimum Gasteiger partial charge on any atom is -0.353 e. The van der Waals surface area contributed by atoms with Gasteiger partial charge in [0.05, 0.1) is 0 Å². The van der Waals surface area contributed by atoms with Crippen LogP contribution in [0, 0.1) is 0 Å². The highest BCUT2D eigenvalue weighted by Gasteiger charge is 2.19. The Labute approximate surface area is 104 Å². The summed E-state index contributed by atoms with van der Waals surface area (Å²) in [5, 5.41) is 3.57. The van der Waals surface area contributed by atoms with Gasteiger partial charge < -0.3 is 14.8 Å². The highest BCUT2D eigenvalue weighted by molar-refractivity contribution is 5.27. The quantitative estimate of drug-likeness (QED) is 0.850.